The van der Waals surface area contributed by atoms with Crippen molar-refractivity contribution in [3.05, 3.63) is 48.2 Å². The third-order valence-electron chi connectivity index (χ3n) is 3.44. The van der Waals surface area contributed by atoms with Gasteiger partial charge in [-0.05, 0) is 35.7 Å². The van der Waals surface area contributed by atoms with E-state index >= 15 is 0 Å². The van der Waals surface area contributed by atoms with Crippen molar-refractivity contribution in [2.24, 2.45) is 10.9 Å². The largest absolute Gasteiger partial charge is 0.497 e. The molecule has 0 spiro atoms. The molecule has 0 saturated carbocycles. The zero-order chi connectivity index (χ0) is 18.1. The van der Waals surface area contributed by atoms with Gasteiger partial charge in [-0.1, -0.05) is 19.9 Å². The molecule has 0 radical (unpaired) electrons. The minimum Gasteiger partial charge on any atom is -0.497 e. The van der Waals surface area contributed by atoms with Gasteiger partial charge in [-0.2, -0.15) is 0 Å². The quantitative estimate of drug-likeness (QED) is 0.366. The van der Waals surface area contributed by atoms with Crippen LogP contribution in [0.5, 0.6) is 17.4 Å². The number of hydrogen-bond acceptors (Lipinski definition) is 4. The Morgan fingerprint density at radius 1 is 1.08 bits per heavy atom. The van der Waals surface area contributed by atoms with E-state index in [1.54, 1.807) is 20.4 Å². The van der Waals surface area contributed by atoms with E-state index in [0.717, 1.165) is 29.6 Å². The second kappa shape index (κ2) is 11.6. The summed E-state index contributed by atoms with van der Waals surface area (Å²) < 4.78 is 10.8. The van der Waals surface area contributed by atoms with Crippen molar-refractivity contribution in [2.45, 2.75) is 20.4 Å². The first-order valence-electron chi connectivity index (χ1n) is 8.32. The molecule has 0 aliphatic heterocycles. The van der Waals surface area contributed by atoms with Gasteiger partial charge in [-0.25, -0.2) is 4.98 Å². The van der Waals surface area contributed by atoms with Gasteiger partial charge in [0.25, 0.3) is 0 Å². The van der Waals surface area contributed by atoms with Crippen molar-refractivity contribution in [1.29, 1.82) is 0 Å². The monoisotopic (exact) mass is 470 g/mol. The standard InChI is InChI=1S/C19H26N4O2.HI/c1-14(2)11-22-19(20-3)23-13-15-5-10-18(21-12-15)25-17-8-6-16(24-4)7-9-17;/h5-10,12,14H,11,13H2,1-4H3,(H2,20,22,23);1H. The molecule has 0 saturated heterocycles. The number of halogens is 1. The summed E-state index contributed by atoms with van der Waals surface area (Å²) in [5, 5.41) is 6.54. The predicted octanol–water partition coefficient (Wildman–Crippen LogP) is 3.82. The highest BCUT2D eigenvalue weighted by Gasteiger charge is 2.02. The normalized spacial score (nSPS) is 10.9. The summed E-state index contributed by atoms with van der Waals surface area (Å²) >= 11 is 0. The van der Waals surface area contributed by atoms with Crippen LogP contribution >= 0.6 is 24.0 Å². The minimum absolute atomic E-state index is 0. The Morgan fingerprint density at radius 3 is 2.31 bits per heavy atom. The van der Waals surface area contributed by atoms with Crippen LogP contribution in [0.25, 0.3) is 0 Å². The van der Waals surface area contributed by atoms with Gasteiger partial charge >= 0.3 is 0 Å². The molecule has 0 fully saturated rings. The average Bonchev–Trinajstić information content (AvgIpc) is 2.63. The lowest BCUT2D eigenvalue weighted by Gasteiger charge is -2.13. The smallest absolute Gasteiger partial charge is 0.219 e. The molecule has 7 heteroatoms. The maximum Gasteiger partial charge on any atom is 0.219 e. The third-order valence-corrected chi connectivity index (χ3v) is 3.44. The number of methoxy groups -OCH3 is 1. The van der Waals surface area contributed by atoms with Gasteiger partial charge in [-0.3, -0.25) is 4.99 Å². The fourth-order valence-electron chi connectivity index (χ4n) is 2.05. The minimum atomic E-state index is 0. The molecule has 2 aromatic rings. The summed E-state index contributed by atoms with van der Waals surface area (Å²) in [6, 6.07) is 11.2. The summed E-state index contributed by atoms with van der Waals surface area (Å²) in [4.78, 5) is 8.54. The van der Waals surface area contributed by atoms with Gasteiger partial charge in [-0.15, -0.1) is 24.0 Å². The van der Waals surface area contributed by atoms with Crippen molar-refractivity contribution < 1.29 is 9.47 Å². The number of ether oxygens (including phenoxy) is 2. The van der Waals surface area contributed by atoms with Crippen LogP contribution in [-0.2, 0) is 6.54 Å². The van der Waals surface area contributed by atoms with E-state index < -0.39 is 0 Å². The highest BCUT2D eigenvalue weighted by molar-refractivity contribution is 14.0. The van der Waals surface area contributed by atoms with Crippen molar-refractivity contribution in [3.8, 4) is 17.4 Å². The topological polar surface area (TPSA) is 67.8 Å². The second-order valence-electron chi connectivity index (χ2n) is 5.98. The van der Waals surface area contributed by atoms with E-state index in [2.05, 4.69) is 34.5 Å². The van der Waals surface area contributed by atoms with Crippen LogP contribution < -0.4 is 20.1 Å². The molecule has 0 aliphatic rings. The van der Waals surface area contributed by atoms with E-state index in [1.807, 2.05) is 36.4 Å². The zero-order valence-electron chi connectivity index (χ0n) is 15.7. The Kier molecular flexibility index (Phi) is 9.79. The SMILES string of the molecule is CN=C(NCc1ccc(Oc2ccc(OC)cc2)nc1)NCC(C)C.I. The van der Waals surface area contributed by atoms with Gasteiger partial charge in [0, 0.05) is 32.4 Å². The van der Waals surface area contributed by atoms with Crippen molar-refractivity contribution in [3.63, 3.8) is 0 Å². The molecule has 1 heterocycles. The molecule has 142 valence electrons. The van der Waals surface area contributed by atoms with Gasteiger partial charge in [0.05, 0.1) is 7.11 Å². The fraction of sp³-hybridized carbons (Fsp3) is 0.368. The van der Waals surface area contributed by atoms with Crippen molar-refractivity contribution in [2.75, 3.05) is 20.7 Å². The third kappa shape index (κ3) is 7.47. The Labute approximate surface area is 172 Å². The first-order valence-corrected chi connectivity index (χ1v) is 8.32. The van der Waals surface area contributed by atoms with Crippen LogP contribution in [0.3, 0.4) is 0 Å². The fourth-order valence-corrected chi connectivity index (χ4v) is 2.05. The van der Waals surface area contributed by atoms with E-state index in [4.69, 9.17) is 9.47 Å². The number of hydrogen-bond donors (Lipinski definition) is 2. The van der Waals surface area contributed by atoms with E-state index in [1.165, 1.54) is 0 Å². The first kappa shape index (κ1) is 22.0. The molecule has 0 atom stereocenters. The number of nitrogens with one attached hydrogen (secondary N) is 2. The average molecular weight is 470 g/mol. The van der Waals surface area contributed by atoms with Crippen LogP contribution in [0.1, 0.15) is 19.4 Å². The lowest BCUT2D eigenvalue weighted by atomic mass is 10.2. The molecule has 0 bridgehead atoms. The molecular weight excluding hydrogens is 443 g/mol. The number of nitrogens with zero attached hydrogens (tertiary/aromatic N) is 2. The second-order valence-corrected chi connectivity index (χ2v) is 5.98. The van der Waals surface area contributed by atoms with Crippen molar-refractivity contribution in [1.82, 2.24) is 15.6 Å². The van der Waals surface area contributed by atoms with Gasteiger partial charge in [0.2, 0.25) is 5.88 Å². The van der Waals surface area contributed by atoms with E-state index in [-0.39, 0.29) is 24.0 Å². The van der Waals surface area contributed by atoms with Crippen LogP contribution in [0.2, 0.25) is 0 Å². The Bertz CT molecular complexity index is 673. The zero-order valence-corrected chi connectivity index (χ0v) is 18.0. The van der Waals surface area contributed by atoms with Crippen LogP contribution in [0, 0.1) is 5.92 Å². The molecule has 0 amide bonds. The molecule has 2 rings (SSSR count). The predicted molar refractivity (Wildman–Crippen MR) is 116 cm³/mol. The summed E-state index contributed by atoms with van der Waals surface area (Å²) in [5.74, 6) is 3.41. The number of guanidine groups is 1. The molecule has 2 N–H and O–H groups in total. The molecule has 26 heavy (non-hydrogen) atoms. The summed E-state index contributed by atoms with van der Waals surface area (Å²) in [6.07, 6.45) is 1.79. The number of pyridine rings is 1. The summed E-state index contributed by atoms with van der Waals surface area (Å²) in [6.45, 7) is 5.84. The first-order chi connectivity index (χ1) is 12.1. The Morgan fingerprint density at radius 2 is 1.77 bits per heavy atom. The number of benzene rings is 1. The Hall–Kier alpha value is -2.03. The lowest BCUT2D eigenvalue weighted by Crippen LogP contribution is -2.38. The Balaban J connectivity index is 0.00000338. The summed E-state index contributed by atoms with van der Waals surface area (Å²) in [7, 11) is 3.40. The lowest BCUT2D eigenvalue weighted by molar-refractivity contribution is 0.412. The molecule has 6 nitrogen and oxygen atoms in total. The van der Waals surface area contributed by atoms with E-state index in [0.29, 0.717) is 18.3 Å². The van der Waals surface area contributed by atoms with Gasteiger partial charge < -0.3 is 20.1 Å². The van der Waals surface area contributed by atoms with E-state index in [9.17, 15) is 0 Å². The molecule has 1 aromatic carbocycles. The molecule has 0 unspecified atom stereocenters. The van der Waals surface area contributed by atoms with Gasteiger partial charge in [0.1, 0.15) is 11.5 Å². The maximum absolute atomic E-state index is 5.72. The van der Waals surface area contributed by atoms with Crippen LogP contribution in [0.4, 0.5) is 0 Å². The highest BCUT2D eigenvalue weighted by Crippen LogP contribution is 2.22. The highest BCUT2D eigenvalue weighted by atomic mass is 127. The molecule has 0 aliphatic carbocycles. The number of aliphatic imine (C=N–C) groups is 1. The molecule has 1 aromatic heterocycles. The summed E-state index contributed by atoms with van der Waals surface area (Å²) in [5.41, 5.74) is 1.05. The van der Waals surface area contributed by atoms with Crippen molar-refractivity contribution >= 4 is 29.9 Å². The number of aromatic nitrogens is 1. The maximum atomic E-state index is 5.72. The van der Waals surface area contributed by atoms with Crippen LogP contribution in [-0.4, -0.2) is 31.6 Å². The van der Waals surface area contributed by atoms with Gasteiger partial charge in [0.15, 0.2) is 5.96 Å². The number of rotatable bonds is 7. The molecular formula is C19H27IN4O2. The van der Waals surface area contributed by atoms with Crippen LogP contribution in [0.15, 0.2) is 47.6 Å².